The van der Waals surface area contributed by atoms with E-state index in [9.17, 15) is 18.0 Å². The predicted molar refractivity (Wildman–Crippen MR) is 150 cm³/mol. The molecule has 0 spiro atoms. The molecule has 1 aromatic carbocycles. The molecule has 218 valence electrons. The van der Waals surface area contributed by atoms with Crippen LogP contribution in [-0.2, 0) is 23.9 Å². The summed E-state index contributed by atoms with van der Waals surface area (Å²) in [7, 11) is 0. The van der Waals surface area contributed by atoms with Gasteiger partial charge in [0.15, 0.2) is 17.2 Å². The number of hydrogen-bond acceptors (Lipinski definition) is 7. The second-order valence-corrected chi connectivity index (χ2v) is 10.2. The van der Waals surface area contributed by atoms with Gasteiger partial charge in [0, 0.05) is 41.9 Å². The first-order valence-corrected chi connectivity index (χ1v) is 13.0. The molecule has 1 amide bonds. The van der Waals surface area contributed by atoms with E-state index in [0.717, 1.165) is 5.56 Å². The number of alkyl halides is 3. The molecular weight excluding hydrogens is 537 g/mol. The maximum absolute atomic E-state index is 13.8. The number of benzene rings is 1. The van der Waals surface area contributed by atoms with Crippen molar-refractivity contribution >= 4 is 23.1 Å². The van der Waals surface area contributed by atoms with E-state index >= 15 is 0 Å². The van der Waals surface area contributed by atoms with Crippen molar-refractivity contribution in [2.45, 2.75) is 45.5 Å². The summed E-state index contributed by atoms with van der Waals surface area (Å²) in [6.45, 7) is 10.4. The van der Waals surface area contributed by atoms with Crippen molar-refractivity contribution in [3.05, 3.63) is 72.5 Å². The second kappa shape index (κ2) is 12.1. The van der Waals surface area contributed by atoms with Crippen molar-refractivity contribution in [1.82, 2.24) is 29.5 Å². The molecule has 4 rings (SSSR count). The van der Waals surface area contributed by atoms with Crippen LogP contribution in [0.5, 0.6) is 0 Å². The summed E-state index contributed by atoms with van der Waals surface area (Å²) in [4.78, 5) is 21.5. The van der Waals surface area contributed by atoms with Gasteiger partial charge in [-0.15, -0.1) is 6.58 Å². The number of hydrogen-bond donors (Lipinski definition) is 3. The van der Waals surface area contributed by atoms with Crippen molar-refractivity contribution < 1.29 is 22.7 Å². The number of fused-ring (bicyclic) bond motifs is 1. The van der Waals surface area contributed by atoms with Gasteiger partial charge in [-0.1, -0.05) is 13.0 Å². The van der Waals surface area contributed by atoms with Crippen LogP contribution in [0, 0.1) is 0 Å². The number of halogens is 3. The van der Waals surface area contributed by atoms with Crippen molar-refractivity contribution in [1.29, 1.82) is 0 Å². The maximum Gasteiger partial charge on any atom is 0.435 e. The fourth-order valence-corrected chi connectivity index (χ4v) is 4.24. The lowest BCUT2D eigenvalue weighted by atomic mass is 10.0. The second-order valence-electron chi connectivity index (χ2n) is 10.2. The summed E-state index contributed by atoms with van der Waals surface area (Å²) in [6, 6.07) is 5.27. The molecule has 41 heavy (non-hydrogen) atoms. The number of amides is 1. The Morgan fingerprint density at radius 2 is 2.02 bits per heavy atom. The summed E-state index contributed by atoms with van der Waals surface area (Å²) < 4.78 is 49.5. The highest BCUT2D eigenvalue weighted by Gasteiger charge is 2.38. The lowest BCUT2D eigenvalue weighted by Crippen LogP contribution is -2.38. The first kappa shape index (κ1) is 29.7. The monoisotopic (exact) mass is 570 g/mol. The molecule has 0 aliphatic carbocycles. The number of anilines is 2. The van der Waals surface area contributed by atoms with E-state index in [4.69, 9.17) is 10.5 Å². The van der Waals surface area contributed by atoms with Gasteiger partial charge in [-0.05, 0) is 44.0 Å². The van der Waals surface area contributed by atoms with Crippen LogP contribution in [0.3, 0.4) is 0 Å². The molecule has 0 unspecified atom stereocenters. The van der Waals surface area contributed by atoms with Gasteiger partial charge in [-0.2, -0.15) is 18.3 Å². The molecule has 13 heteroatoms. The quantitative estimate of drug-likeness (QED) is 0.168. The average molecular weight is 571 g/mol. The summed E-state index contributed by atoms with van der Waals surface area (Å²) >= 11 is 0. The molecule has 0 atom stereocenters. The summed E-state index contributed by atoms with van der Waals surface area (Å²) in [5.74, 6) is 0.115. The van der Waals surface area contributed by atoms with E-state index in [2.05, 4.69) is 32.3 Å². The van der Waals surface area contributed by atoms with Gasteiger partial charge in [0.25, 0.3) is 5.91 Å². The maximum atomic E-state index is 13.8. The van der Waals surface area contributed by atoms with Crippen molar-refractivity contribution in [3.8, 4) is 11.3 Å². The summed E-state index contributed by atoms with van der Waals surface area (Å²) in [5.41, 5.74) is 6.85. The van der Waals surface area contributed by atoms with Crippen LogP contribution in [0.1, 0.15) is 42.4 Å². The van der Waals surface area contributed by atoms with Gasteiger partial charge in [0.2, 0.25) is 0 Å². The number of ether oxygens (including phenoxy) is 1. The van der Waals surface area contributed by atoms with Crippen LogP contribution < -0.4 is 16.4 Å². The minimum absolute atomic E-state index is 0.107. The molecule has 0 aliphatic rings. The Hall–Kier alpha value is -4.23. The first-order chi connectivity index (χ1) is 19.4. The number of carbonyl (C=O) groups is 1. The van der Waals surface area contributed by atoms with Crippen LogP contribution in [0.15, 0.2) is 55.6 Å². The molecule has 0 radical (unpaired) electrons. The Bertz CT molecular complexity index is 1540. The third kappa shape index (κ3) is 7.11. The Labute approximate surface area is 235 Å². The van der Waals surface area contributed by atoms with Gasteiger partial charge in [-0.25, -0.2) is 9.97 Å². The molecule has 0 saturated heterocycles. The SMILES string of the molecule is C=CCn1cc(-c2cnc3c(Nc4ccc(C(=O)NCCOCC(C)(C)N)c(CC)c4)nccn23)c(C(F)(F)F)n1. The van der Waals surface area contributed by atoms with Crippen molar-refractivity contribution in [2.24, 2.45) is 5.73 Å². The molecule has 0 saturated carbocycles. The lowest BCUT2D eigenvalue weighted by Gasteiger charge is -2.18. The largest absolute Gasteiger partial charge is 0.435 e. The molecule has 3 aromatic heterocycles. The molecule has 0 bridgehead atoms. The lowest BCUT2D eigenvalue weighted by molar-refractivity contribution is -0.141. The Morgan fingerprint density at radius 3 is 2.71 bits per heavy atom. The fraction of sp³-hybridized carbons (Fsp3) is 0.357. The highest BCUT2D eigenvalue weighted by molar-refractivity contribution is 5.96. The number of carbonyl (C=O) groups excluding carboxylic acids is 1. The first-order valence-electron chi connectivity index (χ1n) is 13.0. The number of allylic oxidation sites excluding steroid dienone is 1. The number of rotatable bonds is 12. The highest BCUT2D eigenvalue weighted by Crippen LogP contribution is 2.37. The van der Waals surface area contributed by atoms with Gasteiger partial charge in [-0.3, -0.25) is 13.9 Å². The van der Waals surface area contributed by atoms with E-state index in [0.29, 0.717) is 48.9 Å². The number of imidazole rings is 1. The number of nitrogens with two attached hydrogens (primary N) is 1. The van der Waals surface area contributed by atoms with Gasteiger partial charge < -0.3 is 21.1 Å². The Balaban J connectivity index is 1.55. The van der Waals surface area contributed by atoms with Gasteiger partial charge in [0.05, 0.1) is 37.2 Å². The molecule has 3 heterocycles. The van der Waals surface area contributed by atoms with Gasteiger partial charge in [0.1, 0.15) is 0 Å². The zero-order valence-corrected chi connectivity index (χ0v) is 23.1. The topological polar surface area (TPSA) is 124 Å². The van der Waals surface area contributed by atoms with Crippen LogP contribution in [0.2, 0.25) is 0 Å². The molecule has 4 aromatic rings. The van der Waals surface area contributed by atoms with Crippen LogP contribution in [-0.4, -0.2) is 55.4 Å². The minimum atomic E-state index is -4.65. The van der Waals surface area contributed by atoms with E-state index in [-0.39, 0.29) is 23.7 Å². The number of nitrogens with zero attached hydrogens (tertiary/aromatic N) is 5. The van der Waals surface area contributed by atoms with Crippen LogP contribution in [0.25, 0.3) is 16.9 Å². The van der Waals surface area contributed by atoms with Crippen molar-refractivity contribution in [2.75, 3.05) is 25.1 Å². The predicted octanol–water partition coefficient (Wildman–Crippen LogP) is 4.59. The third-order valence-electron chi connectivity index (χ3n) is 6.05. The standard InChI is InChI=1S/C28H33F3N8O2/c1-5-11-38-16-21(23(37-38)28(29,30)31)22-15-35-25-24(33-9-12-39(22)25)36-19-7-8-20(18(6-2)14-19)26(40)34-10-13-41-17-27(3,4)32/h5,7-9,12,14-16H,1,6,10-11,13,17,32H2,2-4H3,(H,33,36)(H,34,40). The highest BCUT2D eigenvalue weighted by atomic mass is 19.4. The zero-order valence-electron chi connectivity index (χ0n) is 23.1. The van der Waals surface area contributed by atoms with Gasteiger partial charge >= 0.3 is 6.18 Å². The Kier molecular flexibility index (Phi) is 8.78. The van der Waals surface area contributed by atoms with Crippen molar-refractivity contribution in [3.63, 3.8) is 0 Å². The average Bonchev–Trinajstić information content (AvgIpc) is 3.53. The van der Waals surface area contributed by atoms with E-state index in [1.165, 1.54) is 39.9 Å². The fourth-order valence-electron chi connectivity index (χ4n) is 4.24. The van der Waals surface area contributed by atoms with E-state index < -0.39 is 17.4 Å². The molecule has 0 fully saturated rings. The molecule has 10 nitrogen and oxygen atoms in total. The Morgan fingerprint density at radius 1 is 1.24 bits per heavy atom. The molecule has 0 aliphatic heterocycles. The smallest absolute Gasteiger partial charge is 0.378 e. The number of aryl methyl sites for hydroxylation is 1. The normalized spacial score (nSPS) is 12.1. The third-order valence-corrected chi connectivity index (χ3v) is 6.05. The zero-order chi connectivity index (χ0) is 29.8. The molecule has 4 N–H and O–H groups in total. The van der Waals surface area contributed by atoms with E-state index in [1.807, 2.05) is 26.8 Å². The van der Waals surface area contributed by atoms with E-state index in [1.54, 1.807) is 12.1 Å². The summed E-state index contributed by atoms with van der Waals surface area (Å²) in [5, 5.41) is 9.74. The molecular formula is C28H33F3N8O2. The summed E-state index contributed by atoms with van der Waals surface area (Å²) in [6.07, 6.45) is 3.10. The minimum Gasteiger partial charge on any atom is -0.378 e. The van der Waals surface area contributed by atoms with Crippen LogP contribution in [0.4, 0.5) is 24.7 Å². The number of nitrogens with one attached hydrogen (secondary N) is 2. The van der Waals surface area contributed by atoms with Crippen LogP contribution >= 0.6 is 0 Å². The number of aromatic nitrogens is 5.